The summed E-state index contributed by atoms with van der Waals surface area (Å²) in [6.07, 6.45) is 0. The summed E-state index contributed by atoms with van der Waals surface area (Å²) in [5.41, 5.74) is 2.79. The van der Waals surface area contributed by atoms with Gasteiger partial charge in [-0.2, -0.15) is 0 Å². The summed E-state index contributed by atoms with van der Waals surface area (Å²) in [7, 11) is 1.99. The second-order valence-corrected chi connectivity index (χ2v) is 3.84. The van der Waals surface area contributed by atoms with Crippen molar-refractivity contribution in [3.05, 3.63) is 35.4 Å². The van der Waals surface area contributed by atoms with Gasteiger partial charge in [0.1, 0.15) is 0 Å². The Morgan fingerprint density at radius 2 is 1.69 bits per heavy atom. The molecule has 0 bridgehead atoms. The highest BCUT2D eigenvalue weighted by Crippen LogP contribution is 2.19. The summed E-state index contributed by atoms with van der Waals surface area (Å²) in [6.45, 7) is 6.63. The molecule has 0 spiro atoms. The fourth-order valence-electron chi connectivity index (χ4n) is 1.35. The first-order valence-corrected chi connectivity index (χ1v) is 4.92. The van der Waals surface area contributed by atoms with Gasteiger partial charge in [0, 0.05) is 6.04 Å². The predicted octanol–water partition coefficient (Wildman–Crippen LogP) is 3.09. The summed E-state index contributed by atoms with van der Waals surface area (Å²) in [6, 6.07) is 9.23. The SMILES string of the molecule is CNC(C)c1cccc(C(C)C)c1. The van der Waals surface area contributed by atoms with E-state index in [4.69, 9.17) is 0 Å². The van der Waals surface area contributed by atoms with Crippen LogP contribution in [0.3, 0.4) is 0 Å². The predicted molar refractivity (Wildman–Crippen MR) is 58.0 cm³/mol. The van der Waals surface area contributed by atoms with Crippen LogP contribution in [0.2, 0.25) is 0 Å². The Morgan fingerprint density at radius 1 is 1.08 bits per heavy atom. The minimum Gasteiger partial charge on any atom is -0.313 e. The van der Waals surface area contributed by atoms with Crippen molar-refractivity contribution in [3.63, 3.8) is 0 Å². The molecule has 0 saturated heterocycles. The molecule has 0 aliphatic rings. The molecule has 1 unspecified atom stereocenters. The van der Waals surface area contributed by atoms with Gasteiger partial charge in [0.25, 0.3) is 0 Å². The molecule has 0 aromatic heterocycles. The van der Waals surface area contributed by atoms with Crippen molar-refractivity contribution >= 4 is 0 Å². The largest absolute Gasteiger partial charge is 0.313 e. The van der Waals surface area contributed by atoms with Gasteiger partial charge in [-0.3, -0.25) is 0 Å². The molecular weight excluding hydrogens is 158 g/mol. The first-order valence-electron chi connectivity index (χ1n) is 4.92. The van der Waals surface area contributed by atoms with E-state index >= 15 is 0 Å². The van der Waals surface area contributed by atoms with Crippen LogP contribution in [0, 0.1) is 0 Å². The average molecular weight is 177 g/mol. The molecule has 0 saturated carbocycles. The van der Waals surface area contributed by atoms with Gasteiger partial charge < -0.3 is 5.32 Å². The molecule has 0 amide bonds. The maximum absolute atomic E-state index is 3.25. The number of hydrogen-bond donors (Lipinski definition) is 1. The zero-order valence-corrected chi connectivity index (χ0v) is 8.96. The van der Waals surface area contributed by atoms with Gasteiger partial charge in [0.2, 0.25) is 0 Å². The first kappa shape index (κ1) is 10.3. The molecule has 72 valence electrons. The highest BCUT2D eigenvalue weighted by molar-refractivity contribution is 5.27. The van der Waals surface area contributed by atoms with Crippen LogP contribution in [-0.4, -0.2) is 7.05 Å². The van der Waals surface area contributed by atoms with Crippen molar-refractivity contribution in [3.8, 4) is 0 Å². The van der Waals surface area contributed by atoms with Crippen LogP contribution in [0.4, 0.5) is 0 Å². The van der Waals surface area contributed by atoms with Crippen molar-refractivity contribution < 1.29 is 0 Å². The van der Waals surface area contributed by atoms with Crippen molar-refractivity contribution in [2.24, 2.45) is 0 Å². The molecule has 13 heavy (non-hydrogen) atoms. The smallest absolute Gasteiger partial charge is 0.0289 e. The highest BCUT2D eigenvalue weighted by Gasteiger charge is 2.04. The van der Waals surface area contributed by atoms with Crippen LogP contribution in [-0.2, 0) is 0 Å². The molecule has 0 aliphatic carbocycles. The summed E-state index contributed by atoms with van der Waals surface area (Å²) in [5, 5.41) is 3.25. The zero-order chi connectivity index (χ0) is 9.84. The van der Waals surface area contributed by atoms with E-state index in [-0.39, 0.29) is 0 Å². The van der Waals surface area contributed by atoms with E-state index in [2.05, 4.69) is 50.4 Å². The molecular formula is C12H19N. The zero-order valence-electron chi connectivity index (χ0n) is 8.96. The van der Waals surface area contributed by atoms with Crippen LogP contribution in [0.25, 0.3) is 0 Å². The van der Waals surface area contributed by atoms with Crippen LogP contribution in [0.15, 0.2) is 24.3 Å². The lowest BCUT2D eigenvalue weighted by Gasteiger charge is -2.13. The molecule has 1 aromatic rings. The Labute approximate surface area is 81.2 Å². The third kappa shape index (κ3) is 2.56. The standard InChI is InChI=1S/C12H19N/c1-9(2)11-6-5-7-12(8-11)10(3)13-4/h5-10,13H,1-4H3. The molecule has 0 aliphatic heterocycles. The average Bonchev–Trinajstić information content (AvgIpc) is 2.17. The molecule has 0 radical (unpaired) electrons. The number of rotatable bonds is 3. The van der Waals surface area contributed by atoms with E-state index in [9.17, 15) is 0 Å². The van der Waals surface area contributed by atoms with Gasteiger partial charge in [-0.05, 0) is 31.0 Å². The van der Waals surface area contributed by atoms with Crippen LogP contribution in [0.5, 0.6) is 0 Å². The fourth-order valence-corrected chi connectivity index (χ4v) is 1.35. The Hall–Kier alpha value is -0.820. The van der Waals surface area contributed by atoms with E-state index in [1.807, 2.05) is 7.05 Å². The quantitative estimate of drug-likeness (QED) is 0.748. The van der Waals surface area contributed by atoms with Crippen LogP contribution in [0.1, 0.15) is 43.9 Å². The van der Waals surface area contributed by atoms with Crippen molar-refractivity contribution in [1.29, 1.82) is 0 Å². The number of benzene rings is 1. The Balaban J connectivity index is 2.91. The summed E-state index contributed by atoms with van der Waals surface area (Å²) in [5.74, 6) is 0.615. The Bertz CT molecular complexity index is 266. The summed E-state index contributed by atoms with van der Waals surface area (Å²) < 4.78 is 0. The minimum absolute atomic E-state index is 0.443. The third-order valence-electron chi connectivity index (χ3n) is 2.51. The van der Waals surface area contributed by atoms with E-state index in [1.165, 1.54) is 11.1 Å². The Kier molecular flexibility index (Phi) is 3.49. The highest BCUT2D eigenvalue weighted by atomic mass is 14.8. The molecule has 1 N–H and O–H groups in total. The Morgan fingerprint density at radius 3 is 2.23 bits per heavy atom. The van der Waals surface area contributed by atoms with E-state index in [0.29, 0.717) is 12.0 Å². The monoisotopic (exact) mass is 177 g/mol. The molecule has 1 aromatic carbocycles. The van der Waals surface area contributed by atoms with Crippen LogP contribution >= 0.6 is 0 Å². The lowest BCUT2D eigenvalue weighted by atomic mass is 9.98. The van der Waals surface area contributed by atoms with Gasteiger partial charge in [-0.15, -0.1) is 0 Å². The fraction of sp³-hybridized carbons (Fsp3) is 0.500. The third-order valence-corrected chi connectivity index (χ3v) is 2.51. The van der Waals surface area contributed by atoms with E-state index in [0.717, 1.165) is 0 Å². The normalized spacial score (nSPS) is 13.3. The van der Waals surface area contributed by atoms with E-state index in [1.54, 1.807) is 0 Å². The number of nitrogens with one attached hydrogen (secondary N) is 1. The maximum Gasteiger partial charge on any atom is 0.0289 e. The lowest BCUT2D eigenvalue weighted by Crippen LogP contribution is -2.12. The van der Waals surface area contributed by atoms with Gasteiger partial charge in [0.05, 0.1) is 0 Å². The van der Waals surface area contributed by atoms with Crippen LogP contribution < -0.4 is 5.32 Å². The second kappa shape index (κ2) is 4.43. The van der Waals surface area contributed by atoms with Gasteiger partial charge in [-0.25, -0.2) is 0 Å². The van der Waals surface area contributed by atoms with E-state index < -0.39 is 0 Å². The first-order chi connectivity index (χ1) is 6.15. The topological polar surface area (TPSA) is 12.0 Å². The molecule has 1 atom stereocenters. The van der Waals surface area contributed by atoms with Crippen molar-refractivity contribution in [2.75, 3.05) is 7.05 Å². The van der Waals surface area contributed by atoms with Crippen molar-refractivity contribution in [2.45, 2.75) is 32.7 Å². The summed E-state index contributed by atoms with van der Waals surface area (Å²) >= 11 is 0. The minimum atomic E-state index is 0.443. The molecule has 1 nitrogen and oxygen atoms in total. The molecule has 1 rings (SSSR count). The lowest BCUT2D eigenvalue weighted by molar-refractivity contribution is 0.650. The van der Waals surface area contributed by atoms with Gasteiger partial charge in [-0.1, -0.05) is 38.1 Å². The van der Waals surface area contributed by atoms with Crippen molar-refractivity contribution in [1.82, 2.24) is 5.32 Å². The maximum atomic E-state index is 3.25. The second-order valence-electron chi connectivity index (χ2n) is 3.84. The summed E-state index contributed by atoms with van der Waals surface area (Å²) in [4.78, 5) is 0. The van der Waals surface area contributed by atoms with Gasteiger partial charge >= 0.3 is 0 Å². The molecule has 0 fully saturated rings. The molecule has 0 heterocycles. The number of hydrogen-bond acceptors (Lipinski definition) is 1. The molecule has 1 heteroatoms. The van der Waals surface area contributed by atoms with Gasteiger partial charge in [0.15, 0.2) is 0 Å².